The average Bonchev–Trinajstić information content (AvgIpc) is 3.11. The predicted octanol–water partition coefficient (Wildman–Crippen LogP) is 1.15. The molecule has 1 amide bonds. The van der Waals surface area contributed by atoms with E-state index in [0.29, 0.717) is 23.1 Å². The first-order valence-electron chi connectivity index (χ1n) is 6.43. The van der Waals surface area contributed by atoms with E-state index in [2.05, 4.69) is 23.7 Å². The summed E-state index contributed by atoms with van der Waals surface area (Å²) in [6.45, 7) is 2.74. The number of aliphatic hydroxyl groups is 1. The number of carbonyl (C=O) groups excluding carboxylic acids is 1. The van der Waals surface area contributed by atoms with Crippen molar-refractivity contribution in [2.24, 2.45) is 11.8 Å². The molecule has 4 heteroatoms. The first-order chi connectivity index (χ1) is 9.13. The van der Waals surface area contributed by atoms with Gasteiger partial charge in [-0.2, -0.15) is 0 Å². The van der Waals surface area contributed by atoms with Gasteiger partial charge in [0.2, 0.25) is 0 Å². The Labute approximate surface area is 113 Å². The number of aromatic nitrogens is 1. The highest BCUT2D eigenvalue weighted by atomic mass is 16.2. The van der Waals surface area contributed by atoms with Crippen LogP contribution >= 0.6 is 0 Å². The van der Waals surface area contributed by atoms with Crippen LogP contribution in [0.1, 0.15) is 29.4 Å². The molecule has 1 N–H and O–H groups in total. The van der Waals surface area contributed by atoms with Crippen LogP contribution in [0, 0.1) is 23.7 Å². The van der Waals surface area contributed by atoms with Crippen molar-refractivity contribution in [3.63, 3.8) is 0 Å². The molecule has 1 saturated carbocycles. The number of carbonyl (C=O) groups is 1. The highest BCUT2D eigenvalue weighted by Gasteiger charge is 2.34. The van der Waals surface area contributed by atoms with E-state index in [1.54, 1.807) is 30.3 Å². The summed E-state index contributed by atoms with van der Waals surface area (Å²) in [7, 11) is 1.80. The van der Waals surface area contributed by atoms with Crippen LogP contribution in [0.4, 0.5) is 0 Å². The molecule has 1 aliphatic carbocycles. The molecule has 2 rings (SSSR count). The third-order valence-electron chi connectivity index (χ3n) is 3.44. The molecular formula is C15H18N2O2. The Balaban J connectivity index is 2.13. The van der Waals surface area contributed by atoms with Crippen molar-refractivity contribution in [2.75, 3.05) is 20.2 Å². The van der Waals surface area contributed by atoms with Crippen molar-refractivity contribution in [2.45, 2.75) is 13.3 Å². The fraction of sp³-hybridized carbons (Fsp3) is 0.467. The average molecular weight is 258 g/mol. The molecule has 1 aliphatic rings. The van der Waals surface area contributed by atoms with Crippen LogP contribution in [-0.4, -0.2) is 41.1 Å². The number of nitrogens with zero attached hydrogens (tertiary/aromatic N) is 2. The number of amides is 1. The molecule has 0 spiro atoms. The Bertz CT molecular complexity index is 530. The smallest absolute Gasteiger partial charge is 0.273 e. The van der Waals surface area contributed by atoms with Gasteiger partial charge in [0, 0.05) is 19.8 Å². The van der Waals surface area contributed by atoms with Crippen LogP contribution in [0.2, 0.25) is 0 Å². The quantitative estimate of drug-likeness (QED) is 0.828. The van der Waals surface area contributed by atoms with Gasteiger partial charge in [0.15, 0.2) is 0 Å². The molecule has 1 heterocycles. The minimum atomic E-state index is -0.224. The van der Waals surface area contributed by atoms with E-state index in [9.17, 15) is 4.79 Å². The van der Waals surface area contributed by atoms with E-state index in [4.69, 9.17) is 5.11 Å². The van der Waals surface area contributed by atoms with Crippen molar-refractivity contribution in [3.05, 3.63) is 29.6 Å². The zero-order valence-electron chi connectivity index (χ0n) is 11.3. The molecule has 0 aromatic carbocycles. The molecule has 4 nitrogen and oxygen atoms in total. The standard InChI is InChI=1S/C15H18N2O2/c1-11-9-13(11)10-17(2)15(19)14-12(6-4-8-18)5-3-7-16-14/h3,5,7,11,13,18H,8-10H2,1-2H3. The zero-order chi connectivity index (χ0) is 13.8. The highest BCUT2D eigenvalue weighted by Crippen LogP contribution is 2.38. The maximum Gasteiger partial charge on any atom is 0.273 e. The number of aliphatic hydroxyl groups excluding tert-OH is 1. The minimum Gasteiger partial charge on any atom is -0.384 e. The predicted molar refractivity (Wildman–Crippen MR) is 72.4 cm³/mol. The Morgan fingerprint density at radius 3 is 3.00 bits per heavy atom. The van der Waals surface area contributed by atoms with Crippen LogP contribution in [0.15, 0.2) is 18.3 Å². The summed E-state index contributed by atoms with van der Waals surface area (Å²) < 4.78 is 0. The van der Waals surface area contributed by atoms with Gasteiger partial charge in [-0.3, -0.25) is 4.79 Å². The molecule has 2 unspecified atom stereocenters. The second-order valence-corrected chi connectivity index (χ2v) is 5.02. The molecule has 19 heavy (non-hydrogen) atoms. The maximum absolute atomic E-state index is 12.3. The molecule has 0 aliphatic heterocycles. The minimum absolute atomic E-state index is 0.109. The Morgan fingerprint density at radius 2 is 2.37 bits per heavy atom. The van der Waals surface area contributed by atoms with Crippen molar-refractivity contribution < 1.29 is 9.90 Å². The second-order valence-electron chi connectivity index (χ2n) is 5.02. The van der Waals surface area contributed by atoms with E-state index in [1.165, 1.54) is 6.42 Å². The van der Waals surface area contributed by atoms with Gasteiger partial charge >= 0.3 is 0 Å². The van der Waals surface area contributed by atoms with Gasteiger partial charge in [-0.05, 0) is 30.4 Å². The summed E-state index contributed by atoms with van der Waals surface area (Å²) in [6, 6.07) is 3.48. The van der Waals surface area contributed by atoms with E-state index in [0.717, 1.165) is 6.54 Å². The summed E-state index contributed by atoms with van der Waals surface area (Å²) in [4.78, 5) is 18.2. The highest BCUT2D eigenvalue weighted by molar-refractivity contribution is 5.94. The van der Waals surface area contributed by atoms with Gasteiger partial charge in [-0.15, -0.1) is 0 Å². The lowest BCUT2D eigenvalue weighted by Gasteiger charge is -2.17. The summed E-state index contributed by atoms with van der Waals surface area (Å²) in [5.41, 5.74) is 0.927. The maximum atomic E-state index is 12.3. The van der Waals surface area contributed by atoms with Crippen LogP contribution < -0.4 is 0 Å². The van der Waals surface area contributed by atoms with Crippen molar-refractivity contribution >= 4 is 5.91 Å². The fourth-order valence-corrected chi connectivity index (χ4v) is 2.08. The number of hydrogen-bond donors (Lipinski definition) is 1. The monoisotopic (exact) mass is 258 g/mol. The summed E-state index contributed by atoms with van der Waals surface area (Å²) >= 11 is 0. The van der Waals surface area contributed by atoms with Gasteiger partial charge < -0.3 is 10.0 Å². The molecule has 0 saturated heterocycles. The normalized spacial score (nSPS) is 20.4. The molecule has 1 fully saturated rings. The third kappa shape index (κ3) is 3.33. The molecule has 2 atom stereocenters. The molecule has 1 aromatic heterocycles. The Hall–Kier alpha value is -1.86. The second kappa shape index (κ2) is 5.85. The van der Waals surface area contributed by atoms with Gasteiger partial charge in [0.1, 0.15) is 12.3 Å². The largest absolute Gasteiger partial charge is 0.384 e. The molecule has 0 bridgehead atoms. The summed E-state index contributed by atoms with van der Waals surface area (Å²) in [5, 5.41) is 8.73. The van der Waals surface area contributed by atoms with Crippen molar-refractivity contribution in [1.82, 2.24) is 9.88 Å². The first kappa shape index (κ1) is 13.6. The molecular weight excluding hydrogens is 240 g/mol. The lowest BCUT2D eigenvalue weighted by atomic mass is 10.1. The lowest BCUT2D eigenvalue weighted by Crippen LogP contribution is -2.30. The van der Waals surface area contributed by atoms with Gasteiger partial charge in [0.05, 0.1) is 5.56 Å². The lowest BCUT2D eigenvalue weighted by molar-refractivity contribution is 0.0781. The van der Waals surface area contributed by atoms with Crippen LogP contribution in [-0.2, 0) is 0 Å². The molecule has 0 radical (unpaired) electrons. The zero-order valence-corrected chi connectivity index (χ0v) is 11.3. The van der Waals surface area contributed by atoms with Gasteiger partial charge in [-0.25, -0.2) is 4.98 Å². The van der Waals surface area contributed by atoms with E-state index in [1.807, 2.05) is 0 Å². The SMILES string of the molecule is CC1CC1CN(C)C(=O)c1ncccc1C#CCO. The van der Waals surface area contributed by atoms with Crippen LogP contribution in [0.3, 0.4) is 0 Å². The third-order valence-corrected chi connectivity index (χ3v) is 3.44. The topological polar surface area (TPSA) is 53.4 Å². The van der Waals surface area contributed by atoms with Crippen LogP contribution in [0.5, 0.6) is 0 Å². The first-order valence-corrected chi connectivity index (χ1v) is 6.43. The van der Waals surface area contributed by atoms with Gasteiger partial charge in [0.25, 0.3) is 5.91 Å². The summed E-state index contributed by atoms with van der Waals surface area (Å²) in [5.74, 6) is 6.54. The fourth-order valence-electron chi connectivity index (χ4n) is 2.08. The number of rotatable bonds is 3. The van der Waals surface area contributed by atoms with E-state index in [-0.39, 0.29) is 12.5 Å². The van der Waals surface area contributed by atoms with Gasteiger partial charge in [-0.1, -0.05) is 18.8 Å². The summed E-state index contributed by atoms with van der Waals surface area (Å²) in [6.07, 6.45) is 2.78. The molecule has 100 valence electrons. The Morgan fingerprint density at radius 1 is 1.63 bits per heavy atom. The van der Waals surface area contributed by atoms with Crippen molar-refractivity contribution in [3.8, 4) is 11.8 Å². The number of hydrogen-bond acceptors (Lipinski definition) is 3. The van der Waals surface area contributed by atoms with Crippen molar-refractivity contribution in [1.29, 1.82) is 0 Å². The number of pyridine rings is 1. The van der Waals surface area contributed by atoms with E-state index < -0.39 is 0 Å². The van der Waals surface area contributed by atoms with E-state index >= 15 is 0 Å². The Kier molecular flexibility index (Phi) is 4.18. The van der Waals surface area contributed by atoms with Crippen LogP contribution in [0.25, 0.3) is 0 Å². The molecule has 1 aromatic rings.